The number of carbonyl (C=O) groups is 1. The summed E-state index contributed by atoms with van der Waals surface area (Å²) in [6.07, 6.45) is 4.44. The lowest BCUT2D eigenvalue weighted by Gasteiger charge is -2.16. The van der Waals surface area contributed by atoms with Crippen LogP contribution < -0.4 is 15.4 Å². The number of rotatable bonds is 5. The van der Waals surface area contributed by atoms with Crippen molar-refractivity contribution in [2.24, 2.45) is 5.92 Å². The fraction of sp³-hybridized carbons (Fsp3) is 0.211. The third-order valence-electron chi connectivity index (χ3n) is 3.88. The third kappa shape index (κ3) is 4.58. The van der Waals surface area contributed by atoms with Crippen LogP contribution in [0, 0.1) is 11.7 Å². The standard InChI is InChI=1S/C19H19FN2O3/c20-14-4-3-5-16(11-14)25-18-7-2-1-6-17(18)22-19(24)21-15-9-8-13(10-15)12-23/h1-9,11,13,15,23H,10,12H2,(H2,21,22,24)/t13-,15+/m0/s1. The summed E-state index contributed by atoms with van der Waals surface area (Å²) in [5.74, 6) is 0.443. The molecule has 2 aromatic carbocycles. The number of carbonyl (C=O) groups excluding carboxylic acids is 1. The number of anilines is 1. The van der Waals surface area contributed by atoms with Crippen LogP contribution in [-0.4, -0.2) is 23.8 Å². The van der Waals surface area contributed by atoms with E-state index in [0.717, 1.165) is 0 Å². The first-order valence-corrected chi connectivity index (χ1v) is 8.03. The number of nitrogens with one attached hydrogen (secondary N) is 2. The van der Waals surface area contributed by atoms with Gasteiger partial charge in [-0.05, 0) is 30.7 Å². The van der Waals surface area contributed by atoms with Crippen LogP contribution in [0.3, 0.4) is 0 Å². The van der Waals surface area contributed by atoms with Gasteiger partial charge in [-0.15, -0.1) is 0 Å². The molecule has 3 N–H and O–H groups in total. The minimum Gasteiger partial charge on any atom is -0.455 e. The highest BCUT2D eigenvalue weighted by Gasteiger charge is 2.20. The number of urea groups is 1. The van der Waals surface area contributed by atoms with Gasteiger partial charge in [0.25, 0.3) is 0 Å². The second kappa shape index (κ2) is 7.81. The zero-order valence-corrected chi connectivity index (χ0v) is 13.5. The van der Waals surface area contributed by atoms with Crippen LogP contribution in [0.4, 0.5) is 14.9 Å². The van der Waals surface area contributed by atoms with Gasteiger partial charge in [-0.25, -0.2) is 9.18 Å². The molecule has 0 aliphatic heterocycles. The molecule has 5 nitrogen and oxygen atoms in total. The van der Waals surface area contributed by atoms with Gasteiger partial charge in [0.1, 0.15) is 11.6 Å². The number of hydrogen-bond donors (Lipinski definition) is 3. The first-order chi connectivity index (χ1) is 12.1. The SMILES string of the molecule is O=C(Nc1ccccc1Oc1cccc(F)c1)N[C@@H]1C=C[C@H](CO)C1. The largest absolute Gasteiger partial charge is 0.455 e. The number of halogens is 1. The Morgan fingerprint density at radius 1 is 1.20 bits per heavy atom. The Hall–Kier alpha value is -2.86. The van der Waals surface area contributed by atoms with E-state index in [9.17, 15) is 9.18 Å². The number of hydrogen-bond acceptors (Lipinski definition) is 3. The summed E-state index contributed by atoms with van der Waals surface area (Å²) in [5.41, 5.74) is 0.477. The summed E-state index contributed by atoms with van der Waals surface area (Å²) < 4.78 is 19.0. The molecule has 2 amide bonds. The highest BCUT2D eigenvalue weighted by Crippen LogP contribution is 2.29. The molecule has 25 heavy (non-hydrogen) atoms. The number of para-hydroxylation sites is 2. The van der Waals surface area contributed by atoms with E-state index in [1.54, 1.807) is 36.4 Å². The van der Waals surface area contributed by atoms with Crippen molar-refractivity contribution in [1.82, 2.24) is 5.32 Å². The Bertz CT molecular complexity index is 779. The minimum atomic E-state index is -0.396. The molecule has 0 bridgehead atoms. The van der Waals surface area contributed by atoms with Crippen molar-refractivity contribution in [2.75, 3.05) is 11.9 Å². The zero-order valence-electron chi connectivity index (χ0n) is 13.5. The summed E-state index contributed by atoms with van der Waals surface area (Å²) >= 11 is 0. The van der Waals surface area contributed by atoms with Crippen LogP contribution in [0.1, 0.15) is 6.42 Å². The van der Waals surface area contributed by atoms with Gasteiger partial charge in [-0.1, -0.05) is 30.4 Å². The molecule has 0 radical (unpaired) electrons. The van der Waals surface area contributed by atoms with Gasteiger partial charge < -0.3 is 20.5 Å². The molecule has 6 heteroatoms. The fourth-order valence-electron chi connectivity index (χ4n) is 2.66. The molecular formula is C19H19FN2O3. The second-order valence-electron chi connectivity index (χ2n) is 5.82. The van der Waals surface area contributed by atoms with Gasteiger partial charge in [0, 0.05) is 24.6 Å². The summed E-state index contributed by atoms with van der Waals surface area (Å²) in [4.78, 5) is 12.2. The van der Waals surface area contributed by atoms with Crippen molar-refractivity contribution in [3.8, 4) is 11.5 Å². The predicted octanol–water partition coefficient (Wildman–Crippen LogP) is 3.68. The molecule has 0 spiro atoms. The van der Waals surface area contributed by atoms with Crippen molar-refractivity contribution in [3.63, 3.8) is 0 Å². The Morgan fingerprint density at radius 2 is 2.04 bits per heavy atom. The van der Waals surface area contributed by atoms with E-state index < -0.39 is 5.82 Å². The van der Waals surface area contributed by atoms with Gasteiger partial charge in [-0.2, -0.15) is 0 Å². The summed E-state index contributed by atoms with van der Waals surface area (Å²) in [7, 11) is 0. The lowest BCUT2D eigenvalue weighted by atomic mass is 10.1. The maximum absolute atomic E-state index is 13.3. The molecule has 0 fully saturated rings. The highest BCUT2D eigenvalue weighted by atomic mass is 19.1. The van der Waals surface area contributed by atoms with E-state index in [-0.39, 0.29) is 24.6 Å². The first-order valence-electron chi connectivity index (χ1n) is 8.03. The summed E-state index contributed by atoms with van der Waals surface area (Å²) in [6.45, 7) is 0.0700. The number of benzene rings is 2. The van der Waals surface area contributed by atoms with Crippen LogP contribution in [-0.2, 0) is 0 Å². The van der Waals surface area contributed by atoms with Gasteiger partial charge in [-0.3, -0.25) is 0 Å². The highest BCUT2D eigenvalue weighted by molar-refractivity contribution is 5.91. The van der Waals surface area contributed by atoms with Crippen molar-refractivity contribution in [2.45, 2.75) is 12.5 Å². The quantitative estimate of drug-likeness (QED) is 0.726. The third-order valence-corrected chi connectivity index (χ3v) is 3.88. The zero-order chi connectivity index (χ0) is 17.6. The smallest absolute Gasteiger partial charge is 0.319 e. The van der Waals surface area contributed by atoms with Crippen molar-refractivity contribution in [1.29, 1.82) is 0 Å². The summed E-state index contributed by atoms with van der Waals surface area (Å²) in [5, 5.41) is 14.7. The number of aliphatic hydroxyl groups is 1. The molecule has 2 atom stereocenters. The average Bonchev–Trinajstić information content (AvgIpc) is 3.04. The van der Waals surface area contributed by atoms with E-state index >= 15 is 0 Å². The van der Waals surface area contributed by atoms with Crippen LogP contribution in [0.25, 0.3) is 0 Å². The Kier molecular flexibility index (Phi) is 5.30. The van der Waals surface area contributed by atoms with E-state index in [2.05, 4.69) is 10.6 Å². The summed E-state index contributed by atoms with van der Waals surface area (Å²) in [6, 6.07) is 12.2. The van der Waals surface area contributed by atoms with Crippen molar-refractivity contribution < 1.29 is 19.0 Å². The molecule has 0 heterocycles. The average molecular weight is 342 g/mol. The van der Waals surface area contributed by atoms with Crippen LogP contribution in [0.2, 0.25) is 0 Å². The number of ether oxygens (including phenoxy) is 1. The van der Waals surface area contributed by atoms with Crippen molar-refractivity contribution >= 4 is 11.7 Å². The van der Waals surface area contributed by atoms with Crippen molar-refractivity contribution in [3.05, 3.63) is 66.5 Å². The maximum atomic E-state index is 13.3. The van der Waals surface area contributed by atoms with Gasteiger partial charge in [0.15, 0.2) is 5.75 Å². The molecule has 1 aliphatic carbocycles. The van der Waals surface area contributed by atoms with Gasteiger partial charge >= 0.3 is 6.03 Å². The molecule has 3 rings (SSSR count). The van der Waals surface area contributed by atoms with E-state index in [0.29, 0.717) is 23.6 Å². The topological polar surface area (TPSA) is 70.6 Å². The van der Waals surface area contributed by atoms with E-state index in [1.165, 1.54) is 12.1 Å². The Balaban J connectivity index is 1.64. The number of aliphatic hydroxyl groups excluding tert-OH is 1. The number of amides is 2. The molecule has 0 saturated carbocycles. The molecule has 0 aromatic heterocycles. The molecule has 0 saturated heterocycles. The van der Waals surface area contributed by atoms with Gasteiger partial charge in [0.05, 0.1) is 5.69 Å². The molecular weight excluding hydrogens is 323 g/mol. The first kappa shape index (κ1) is 17.0. The van der Waals surface area contributed by atoms with Crippen LogP contribution in [0.15, 0.2) is 60.7 Å². The Labute approximate surface area is 145 Å². The lowest BCUT2D eigenvalue weighted by Crippen LogP contribution is -2.36. The maximum Gasteiger partial charge on any atom is 0.319 e. The minimum absolute atomic E-state index is 0.0700. The van der Waals surface area contributed by atoms with Crippen LogP contribution in [0.5, 0.6) is 11.5 Å². The molecule has 2 aromatic rings. The second-order valence-corrected chi connectivity index (χ2v) is 5.82. The molecule has 1 aliphatic rings. The monoisotopic (exact) mass is 342 g/mol. The van der Waals surface area contributed by atoms with Gasteiger partial charge in [0.2, 0.25) is 0 Å². The fourth-order valence-corrected chi connectivity index (χ4v) is 2.66. The lowest BCUT2D eigenvalue weighted by molar-refractivity contribution is 0.238. The predicted molar refractivity (Wildman–Crippen MR) is 93.2 cm³/mol. The van der Waals surface area contributed by atoms with Crippen LogP contribution >= 0.6 is 0 Å². The Morgan fingerprint density at radius 3 is 2.80 bits per heavy atom. The van der Waals surface area contributed by atoms with E-state index in [1.807, 2.05) is 12.2 Å². The molecule has 0 unspecified atom stereocenters. The molecule has 130 valence electrons. The normalized spacial score (nSPS) is 18.8. The van der Waals surface area contributed by atoms with E-state index in [4.69, 9.17) is 9.84 Å².